The summed E-state index contributed by atoms with van der Waals surface area (Å²) in [6.45, 7) is 0.873. The highest BCUT2D eigenvalue weighted by Gasteiger charge is 2.12. The van der Waals surface area contributed by atoms with E-state index in [2.05, 4.69) is 10.6 Å². The predicted octanol–water partition coefficient (Wildman–Crippen LogP) is 2.35. The van der Waals surface area contributed by atoms with Crippen molar-refractivity contribution in [3.8, 4) is 0 Å². The van der Waals surface area contributed by atoms with Crippen LogP contribution in [0.3, 0.4) is 0 Å². The van der Waals surface area contributed by atoms with Crippen molar-refractivity contribution in [1.82, 2.24) is 0 Å². The molecule has 0 fully saturated rings. The van der Waals surface area contributed by atoms with Gasteiger partial charge in [0.15, 0.2) is 6.61 Å². The number of hydrogen-bond donors (Lipinski definition) is 2. The van der Waals surface area contributed by atoms with Crippen LogP contribution in [0.5, 0.6) is 0 Å². The van der Waals surface area contributed by atoms with Gasteiger partial charge in [-0.2, -0.15) is 0 Å². The highest BCUT2D eigenvalue weighted by molar-refractivity contribution is 5.96. The number of hydrogen-bond acceptors (Lipinski definition) is 6. The summed E-state index contributed by atoms with van der Waals surface area (Å²) < 4.78 is 4.86. The molecule has 0 aromatic heterocycles. The second kappa shape index (κ2) is 8.38. The van der Waals surface area contributed by atoms with Crippen molar-refractivity contribution < 1.29 is 24.0 Å². The number of carbonyl (C=O) groups excluding carboxylic acids is 3. The lowest BCUT2D eigenvalue weighted by Gasteiger charge is -2.08. The van der Waals surface area contributed by atoms with E-state index in [9.17, 15) is 24.5 Å². The van der Waals surface area contributed by atoms with Gasteiger partial charge in [0, 0.05) is 30.4 Å². The average Bonchev–Trinajstić information content (AvgIpc) is 2.61. The number of amides is 2. The Morgan fingerprint density at radius 3 is 2.00 bits per heavy atom. The van der Waals surface area contributed by atoms with Gasteiger partial charge in [-0.15, -0.1) is 0 Å². The van der Waals surface area contributed by atoms with E-state index in [1.54, 1.807) is 24.3 Å². The van der Waals surface area contributed by atoms with E-state index in [0.29, 0.717) is 11.4 Å². The molecule has 0 aliphatic rings. The maximum atomic E-state index is 11.8. The number of nitrogens with zero attached hydrogens (tertiary/aromatic N) is 1. The monoisotopic (exact) mass is 357 g/mol. The summed E-state index contributed by atoms with van der Waals surface area (Å²) in [7, 11) is 0. The Morgan fingerprint density at radius 1 is 0.962 bits per heavy atom. The van der Waals surface area contributed by atoms with Crippen LogP contribution in [0.15, 0.2) is 48.5 Å². The minimum Gasteiger partial charge on any atom is -0.452 e. The quantitative estimate of drug-likeness (QED) is 0.464. The van der Waals surface area contributed by atoms with E-state index in [-0.39, 0.29) is 17.2 Å². The van der Waals surface area contributed by atoms with Crippen molar-refractivity contribution in [1.29, 1.82) is 0 Å². The topological polar surface area (TPSA) is 128 Å². The molecule has 0 unspecified atom stereocenters. The Labute approximate surface area is 148 Å². The maximum absolute atomic E-state index is 11.8. The van der Waals surface area contributed by atoms with Gasteiger partial charge in [-0.1, -0.05) is 0 Å². The minimum atomic E-state index is -0.768. The van der Waals surface area contributed by atoms with Crippen LogP contribution in [-0.4, -0.2) is 29.3 Å². The van der Waals surface area contributed by atoms with Crippen molar-refractivity contribution in [3.63, 3.8) is 0 Å². The largest absolute Gasteiger partial charge is 0.452 e. The molecule has 0 spiro atoms. The van der Waals surface area contributed by atoms with Gasteiger partial charge in [0.2, 0.25) is 5.91 Å². The Morgan fingerprint density at radius 2 is 1.50 bits per heavy atom. The number of ether oxygens (including phenoxy) is 1. The fourth-order valence-electron chi connectivity index (χ4n) is 1.97. The predicted molar refractivity (Wildman–Crippen MR) is 92.8 cm³/mol. The summed E-state index contributed by atoms with van der Waals surface area (Å²) >= 11 is 0. The molecule has 2 N–H and O–H groups in total. The fourth-order valence-corrected chi connectivity index (χ4v) is 1.97. The van der Waals surface area contributed by atoms with E-state index in [1.165, 1.54) is 31.2 Å². The van der Waals surface area contributed by atoms with Crippen LogP contribution in [0.1, 0.15) is 17.3 Å². The number of nitro benzene ring substituents is 1. The van der Waals surface area contributed by atoms with Crippen molar-refractivity contribution in [2.75, 3.05) is 17.2 Å². The summed E-state index contributed by atoms with van der Waals surface area (Å²) in [6.07, 6.45) is 0. The zero-order chi connectivity index (χ0) is 19.1. The molecule has 9 nitrogen and oxygen atoms in total. The molecule has 9 heteroatoms. The Bertz CT molecular complexity index is 831. The van der Waals surface area contributed by atoms with E-state index in [1.807, 2.05) is 0 Å². The van der Waals surface area contributed by atoms with E-state index in [0.717, 1.165) is 0 Å². The second-order valence-electron chi connectivity index (χ2n) is 5.19. The molecule has 0 aliphatic carbocycles. The lowest BCUT2D eigenvalue weighted by Crippen LogP contribution is -2.21. The van der Waals surface area contributed by atoms with Gasteiger partial charge in [-0.25, -0.2) is 4.79 Å². The summed E-state index contributed by atoms with van der Waals surface area (Å²) in [4.78, 5) is 44.5. The summed E-state index contributed by atoms with van der Waals surface area (Å²) in [6, 6.07) is 11.2. The lowest BCUT2D eigenvalue weighted by atomic mass is 10.2. The number of anilines is 2. The van der Waals surface area contributed by atoms with Crippen LogP contribution >= 0.6 is 0 Å². The Hall–Kier alpha value is -3.75. The molecule has 26 heavy (non-hydrogen) atoms. The molecule has 134 valence electrons. The zero-order valence-corrected chi connectivity index (χ0v) is 13.7. The summed E-state index contributed by atoms with van der Waals surface area (Å²) in [5.74, 6) is -1.52. The molecule has 0 saturated carbocycles. The van der Waals surface area contributed by atoms with Gasteiger partial charge < -0.3 is 15.4 Å². The first kappa shape index (κ1) is 18.6. The molecule has 0 radical (unpaired) electrons. The van der Waals surface area contributed by atoms with Crippen LogP contribution in [-0.2, 0) is 14.3 Å². The van der Waals surface area contributed by atoms with E-state index in [4.69, 9.17) is 4.74 Å². The van der Waals surface area contributed by atoms with Gasteiger partial charge in [-0.05, 0) is 36.4 Å². The van der Waals surface area contributed by atoms with Crippen molar-refractivity contribution in [2.45, 2.75) is 6.92 Å². The van der Waals surface area contributed by atoms with Gasteiger partial charge in [-0.3, -0.25) is 19.7 Å². The highest BCUT2D eigenvalue weighted by Crippen LogP contribution is 2.14. The Kier molecular flexibility index (Phi) is 5.99. The molecule has 2 aromatic carbocycles. The number of carbonyl (C=O) groups is 3. The summed E-state index contributed by atoms with van der Waals surface area (Å²) in [5.41, 5.74) is 1.00. The highest BCUT2D eigenvalue weighted by atomic mass is 16.6. The van der Waals surface area contributed by atoms with E-state index >= 15 is 0 Å². The van der Waals surface area contributed by atoms with Gasteiger partial charge >= 0.3 is 5.97 Å². The average molecular weight is 357 g/mol. The molecule has 0 saturated heterocycles. The number of nitrogens with one attached hydrogen (secondary N) is 2. The third kappa shape index (κ3) is 5.41. The standard InChI is InChI=1S/C17H15N3O6/c1-11(21)18-13-4-6-14(7-5-13)19-16(22)10-26-17(23)12-2-8-15(9-3-12)20(24)25/h2-9H,10H2,1H3,(H,18,21)(H,19,22). The fraction of sp³-hybridized carbons (Fsp3) is 0.118. The molecular weight excluding hydrogens is 342 g/mol. The third-order valence-corrected chi connectivity index (χ3v) is 3.14. The van der Waals surface area contributed by atoms with Crippen LogP contribution < -0.4 is 10.6 Å². The first-order valence-corrected chi connectivity index (χ1v) is 7.44. The molecule has 0 atom stereocenters. The Balaban J connectivity index is 1.85. The third-order valence-electron chi connectivity index (χ3n) is 3.14. The van der Waals surface area contributed by atoms with Crippen molar-refractivity contribution in [3.05, 3.63) is 64.2 Å². The second-order valence-corrected chi connectivity index (χ2v) is 5.19. The van der Waals surface area contributed by atoms with E-state index < -0.39 is 23.4 Å². The molecular formula is C17H15N3O6. The van der Waals surface area contributed by atoms with Gasteiger partial charge in [0.1, 0.15) is 0 Å². The first-order valence-electron chi connectivity index (χ1n) is 7.44. The smallest absolute Gasteiger partial charge is 0.338 e. The summed E-state index contributed by atoms with van der Waals surface area (Å²) in [5, 5.41) is 15.7. The SMILES string of the molecule is CC(=O)Nc1ccc(NC(=O)COC(=O)c2ccc([N+](=O)[O-])cc2)cc1. The molecule has 2 amide bonds. The number of esters is 1. The van der Waals surface area contributed by atoms with Crippen LogP contribution in [0, 0.1) is 10.1 Å². The van der Waals surface area contributed by atoms with Crippen LogP contribution in [0.4, 0.5) is 17.1 Å². The molecule has 2 rings (SSSR count). The molecule has 0 aliphatic heterocycles. The molecule has 0 bridgehead atoms. The number of nitro groups is 1. The molecule has 0 heterocycles. The van der Waals surface area contributed by atoms with Crippen LogP contribution in [0.25, 0.3) is 0 Å². The maximum Gasteiger partial charge on any atom is 0.338 e. The minimum absolute atomic E-state index is 0.100. The molecule has 2 aromatic rings. The number of benzene rings is 2. The van der Waals surface area contributed by atoms with Crippen LogP contribution in [0.2, 0.25) is 0 Å². The van der Waals surface area contributed by atoms with Gasteiger partial charge in [0.05, 0.1) is 10.5 Å². The number of non-ortho nitro benzene ring substituents is 1. The van der Waals surface area contributed by atoms with Gasteiger partial charge in [0.25, 0.3) is 11.6 Å². The van der Waals surface area contributed by atoms with Crippen molar-refractivity contribution >= 4 is 34.8 Å². The first-order chi connectivity index (χ1) is 12.3. The van der Waals surface area contributed by atoms with Crippen molar-refractivity contribution in [2.24, 2.45) is 0 Å². The lowest BCUT2D eigenvalue weighted by molar-refractivity contribution is -0.384. The normalized spacial score (nSPS) is 9.88. The number of rotatable bonds is 6. The zero-order valence-electron chi connectivity index (χ0n) is 13.7.